The number of aryl methyl sites for hydroxylation is 2. The molecule has 0 fully saturated rings. The van der Waals surface area contributed by atoms with E-state index in [-0.39, 0.29) is 24.5 Å². The van der Waals surface area contributed by atoms with Crippen molar-refractivity contribution in [1.29, 1.82) is 0 Å². The minimum absolute atomic E-state index is 0.0599. The van der Waals surface area contributed by atoms with Crippen LogP contribution in [0.2, 0.25) is 0 Å². The van der Waals surface area contributed by atoms with Gasteiger partial charge in [0.2, 0.25) is 0 Å². The molecule has 2 aliphatic heterocycles. The number of likely N-dealkylation sites (N-methyl/N-ethyl adjacent to an activating group) is 1. The zero-order chi connectivity index (χ0) is 26.5. The quantitative estimate of drug-likeness (QED) is 0.409. The van der Waals surface area contributed by atoms with E-state index in [1.54, 1.807) is 0 Å². The van der Waals surface area contributed by atoms with E-state index in [1.165, 1.54) is 29.9 Å². The molecule has 11 heteroatoms. The highest BCUT2D eigenvalue weighted by Crippen LogP contribution is 2.36. The van der Waals surface area contributed by atoms with Crippen LogP contribution in [-0.2, 0) is 36.7 Å². The molecule has 4 rings (SSSR count). The smallest absolute Gasteiger partial charge is 0.303 e. The fraction of sp³-hybridized carbons (Fsp3) is 0.520. The van der Waals surface area contributed by atoms with Crippen LogP contribution in [0.5, 0.6) is 0 Å². The number of rotatable bonds is 4. The molecule has 0 N–H and O–H groups in total. The molecule has 0 saturated heterocycles. The number of benzene rings is 1. The Morgan fingerprint density at radius 3 is 2.14 bits per heavy atom. The van der Waals surface area contributed by atoms with Crippen molar-refractivity contribution in [2.75, 3.05) is 33.7 Å². The number of aldehydes is 1. The zero-order valence-electron chi connectivity index (χ0n) is 20.3. The van der Waals surface area contributed by atoms with E-state index in [9.17, 15) is 31.1 Å². The van der Waals surface area contributed by atoms with Crippen molar-refractivity contribution >= 4 is 11.9 Å². The third-order valence-electron chi connectivity index (χ3n) is 6.14. The largest absolute Gasteiger partial charge is 0.416 e. The first-order chi connectivity index (χ1) is 16.9. The highest BCUT2D eigenvalue weighted by molar-refractivity contribution is 5.64. The predicted molar refractivity (Wildman–Crippen MR) is 124 cm³/mol. The first-order valence-electron chi connectivity index (χ1n) is 11.7. The normalized spacial score (nSPS) is 17.5. The summed E-state index contributed by atoms with van der Waals surface area (Å²) in [5.74, 6) is 0. The Hall–Kier alpha value is -2.66. The number of carbonyl (C=O) groups is 1. The molecule has 0 aliphatic carbocycles. The molecule has 0 bridgehead atoms. The molecule has 198 valence electrons. The molecule has 0 saturated carbocycles. The summed E-state index contributed by atoms with van der Waals surface area (Å²) < 4.78 is 76.7. The minimum atomic E-state index is -4.85. The van der Waals surface area contributed by atoms with Crippen LogP contribution >= 0.6 is 0 Å². The van der Waals surface area contributed by atoms with E-state index >= 15 is 0 Å². The van der Waals surface area contributed by atoms with Crippen LogP contribution in [0.25, 0.3) is 5.57 Å². The highest BCUT2D eigenvalue weighted by atomic mass is 19.4. The van der Waals surface area contributed by atoms with Gasteiger partial charge in [-0.25, -0.2) is 0 Å². The zero-order valence-corrected chi connectivity index (χ0v) is 20.3. The molecule has 0 unspecified atom stereocenters. The fourth-order valence-electron chi connectivity index (χ4n) is 4.17. The monoisotopic (exact) mass is 516 g/mol. The lowest BCUT2D eigenvalue weighted by atomic mass is 10.0. The van der Waals surface area contributed by atoms with Gasteiger partial charge in [0.25, 0.3) is 0 Å². The van der Waals surface area contributed by atoms with Crippen molar-refractivity contribution < 1.29 is 31.1 Å². The number of carbonyl (C=O) groups excluding carboxylic acids is 1. The molecule has 0 atom stereocenters. The number of nitrogens with zero attached hydrogens (tertiary/aromatic N) is 4. The number of aromatic nitrogens is 2. The molecule has 36 heavy (non-hydrogen) atoms. The standard InChI is InChI=1S/C14H22N4.C11H8F6O/c1-16-8-4-12(5-9-16)14-10-13-11-17(2)6-3-7-18(13)15-14;12-10(13,14)8-4-7(2-1-3-18)5-9(6-8)11(15,16)17/h4,10H,3,5-9,11H2,1-2H3;3-6H,1-2H2. The van der Waals surface area contributed by atoms with Gasteiger partial charge in [-0.15, -0.1) is 0 Å². The van der Waals surface area contributed by atoms with Gasteiger partial charge in [-0.2, -0.15) is 31.4 Å². The summed E-state index contributed by atoms with van der Waals surface area (Å²) in [6.07, 6.45) is -4.89. The lowest BCUT2D eigenvalue weighted by molar-refractivity contribution is -0.143. The Kier molecular flexibility index (Phi) is 8.99. The number of halogens is 6. The highest BCUT2D eigenvalue weighted by Gasteiger charge is 2.36. The summed E-state index contributed by atoms with van der Waals surface area (Å²) >= 11 is 0. The second-order valence-corrected chi connectivity index (χ2v) is 9.20. The van der Waals surface area contributed by atoms with Crippen LogP contribution in [0.3, 0.4) is 0 Å². The van der Waals surface area contributed by atoms with Gasteiger partial charge in [0.15, 0.2) is 0 Å². The van der Waals surface area contributed by atoms with Crippen molar-refractivity contribution in [2.24, 2.45) is 0 Å². The van der Waals surface area contributed by atoms with Crippen LogP contribution in [0.1, 0.15) is 47.3 Å². The van der Waals surface area contributed by atoms with Crippen molar-refractivity contribution in [3.63, 3.8) is 0 Å². The SMILES string of the molecule is CN1CC=C(c2cc3n(n2)CCCN(C)C3)CC1.O=CCCc1cc(C(F)(F)F)cc(C(F)(F)F)c1. The Morgan fingerprint density at radius 1 is 0.917 bits per heavy atom. The Bertz CT molecular complexity index is 1040. The molecule has 1 aromatic carbocycles. The molecule has 2 aliphatic rings. The summed E-state index contributed by atoms with van der Waals surface area (Å²) in [6.45, 7) is 5.46. The van der Waals surface area contributed by atoms with Gasteiger partial charge in [0.05, 0.1) is 22.5 Å². The topological polar surface area (TPSA) is 41.4 Å². The van der Waals surface area contributed by atoms with Gasteiger partial charge in [0.1, 0.15) is 6.29 Å². The molecule has 0 amide bonds. The maximum atomic E-state index is 12.4. The van der Waals surface area contributed by atoms with E-state index in [4.69, 9.17) is 5.10 Å². The van der Waals surface area contributed by atoms with Crippen LogP contribution in [0.4, 0.5) is 26.3 Å². The predicted octanol–water partition coefficient (Wildman–Crippen LogP) is 5.29. The van der Waals surface area contributed by atoms with Crippen LogP contribution in [0, 0.1) is 0 Å². The third kappa shape index (κ3) is 7.67. The number of hydrogen-bond acceptors (Lipinski definition) is 4. The molecule has 5 nitrogen and oxygen atoms in total. The van der Waals surface area contributed by atoms with E-state index in [0.29, 0.717) is 18.4 Å². The van der Waals surface area contributed by atoms with Crippen molar-refractivity contribution in [3.05, 3.63) is 58.4 Å². The van der Waals surface area contributed by atoms with Gasteiger partial charge >= 0.3 is 12.4 Å². The Labute approximate surface area is 206 Å². The van der Waals surface area contributed by atoms with Gasteiger partial charge in [0, 0.05) is 39.1 Å². The lowest BCUT2D eigenvalue weighted by Crippen LogP contribution is -2.23. The van der Waals surface area contributed by atoms with Crippen LogP contribution < -0.4 is 0 Å². The maximum absolute atomic E-state index is 12.4. The average molecular weight is 517 g/mol. The summed E-state index contributed by atoms with van der Waals surface area (Å²) in [5, 5.41) is 4.80. The number of alkyl halides is 6. The van der Waals surface area contributed by atoms with Gasteiger partial charge in [-0.1, -0.05) is 6.08 Å². The molecular weight excluding hydrogens is 486 g/mol. The summed E-state index contributed by atoms with van der Waals surface area (Å²) in [6, 6.07) is 3.60. The van der Waals surface area contributed by atoms with E-state index in [2.05, 4.69) is 40.7 Å². The first kappa shape index (κ1) is 27.9. The van der Waals surface area contributed by atoms with Crippen molar-refractivity contribution in [3.8, 4) is 0 Å². The molecule has 1 aromatic heterocycles. The molecule has 0 spiro atoms. The second-order valence-electron chi connectivity index (χ2n) is 9.20. The molecule has 2 aromatic rings. The van der Waals surface area contributed by atoms with E-state index in [0.717, 1.165) is 32.6 Å². The van der Waals surface area contributed by atoms with Gasteiger partial charge in [-0.3, -0.25) is 4.68 Å². The molecule has 0 radical (unpaired) electrons. The number of fused-ring (bicyclic) bond motifs is 1. The van der Waals surface area contributed by atoms with Crippen molar-refractivity contribution in [1.82, 2.24) is 19.6 Å². The number of hydrogen-bond donors (Lipinski definition) is 0. The van der Waals surface area contributed by atoms with Crippen molar-refractivity contribution in [2.45, 2.75) is 51.1 Å². The van der Waals surface area contributed by atoms with E-state index < -0.39 is 23.5 Å². The fourth-order valence-corrected chi connectivity index (χ4v) is 4.17. The van der Waals surface area contributed by atoms with Crippen LogP contribution in [0.15, 0.2) is 30.3 Å². The lowest BCUT2D eigenvalue weighted by Gasteiger charge is -2.20. The maximum Gasteiger partial charge on any atom is 0.416 e. The Morgan fingerprint density at radius 2 is 1.58 bits per heavy atom. The second kappa shape index (κ2) is 11.6. The van der Waals surface area contributed by atoms with Gasteiger partial charge in [-0.05, 0) is 68.8 Å². The molecular formula is C25H30F6N4O. The first-order valence-corrected chi connectivity index (χ1v) is 11.7. The van der Waals surface area contributed by atoms with Crippen LogP contribution in [-0.4, -0.2) is 59.6 Å². The Balaban J connectivity index is 0.000000201. The van der Waals surface area contributed by atoms with Gasteiger partial charge < -0.3 is 14.6 Å². The summed E-state index contributed by atoms with van der Waals surface area (Å²) in [5.41, 5.74) is 1.11. The summed E-state index contributed by atoms with van der Waals surface area (Å²) in [4.78, 5) is 14.8. The molecule has 3 heterocycles. The third-order valence-corrected chi connectivity index (χ3v) is 6.14. The minimum Gasteiger partial charge on any atom is -0.303 e. The van der Waals surface area contributed by atoms with E-state index in [1.807, 2.05) is 0 Å². The average Bonchev–Trinajstić information content (AvgIpc) is 3.11. The summed E-state index contributed by atoms with van der Waals surface area (Å²) in [7, 11) is 4.36.